The molecule has 0 bridgehead atoms. The molecule has 5 nitrogen and oxygen atoms in total. The van der Waals surface area contributed by atoms with E-state index in [1.807, 2.05) is 12.1 Å². The molecule has 0 spiro atoms. The first kappa shape index (κ1) is 14.2. The van der Waals surface area contributed by atoms with Crippen LogP contribution in [-0.2, 0) is 4.79 Å². The Labute approximate surface area is 121 Å². The maximum Gasteiger partial charge on any atom is 0.234 e. The molecule has 0 fully saturated rings. The smallest absolute Gasteiger partial charge is 0.234 e. The fourth-order valence-corrected chi connectivity index (χ4v) is 2.19. The second-order valence-corrected chi connectivity index (χ2v) is 4.96. The molecule has 0 aliphatic carbocycles. The minimum Gasteiger partial charge on any atom is -0.495 e. The molecule has 1 amide bonds. The number of rotatable bonds is 5. The lowest BCUT2D eigenvalue weighted by Gasteiger charge is -2.09. The van der Waals surface area contributed by atoms with Gasteiger partial charge in [0.25, 0.3) is 0 Å². The highest BCUT2D eigenvalue weighted by atomic mass is 32.2. The molecule has 2 aromatic rings. The van der Waals surface area contributed by atoms with Crippen LogP contribution in [0.15, 0.2) is 47.6 Å². The number of nitrogens with one attached hydrogen (secondary N) is 1. The monoisotopic (exact) mass is 289 g/mol. The number of ether oxygens (including phenoxy) is 1. The number of thioether (sulfide) groups is 1. The molecule has 0 aliphatic heterocycles. The third-order valence-corrected chi connectivity index (χ3v) is 3.44. The van der Waals surface area contributed by atoms with Crippen LogP contribution < -0.4 is 15.8 Å². The predicted molar refractivity (Wildman–Crippen MR) is 81.0 cm³/mol. The molecule has 0 saturated heterocycles. The van der Waals surface area contributed by atoms with Gasteiger partial charge in [-0.05, 0) is 24.3 Å². The Kier molecular flexibility index (Phi) is 4.84. The van der Waals surface area contributed by atoms with Crippen LogP contribution in [0.25, 0.3) is 0 Å². The Morgan fingerprint density at radius 3 is 2.85 bits per heavy atom. The summed E-state index contributed by atoms with van der Waals surface area (Å²) in [6.07, 6.45) is 1.57. The second kappa shape index (κ2) is 6.81. The summed E-state index contributed by atoms with van der Waals surface area (Å²) in [7, 11) is 1.57. The number of aromatic nitrogens is 1. The van der Waals surface area contributed by atoms with Gasteiger partial charge in [0.05, 0.1) is 35.5 Å². The van der Waals surface area contributed by atoms with Gasteiger partial charge in [-0.1, -0.05) is 23.9 Å². The minimum absolute atomic E-state index is 0.113. The summed E-state index contributed by atoms with van der Waals surface area (Å²) >= 11 is 1.35. The molecule has 0 radical (unpaired) electrons. The van der Waals surface area contributed by atoms with E-state index in [4.69, 9.17) is 10.5 Å². The predicted octanol–water partition coefficient (Wildman–Crippen LogP) is 2.40. The van der Waals surface area contributed by atoms with E-state index in [1.54, 1.807) is 37.6 Å². The standard InChI is InChI=1S/C14H15N3O2S/c1-19-12-5-3-2-4-11(12)17-13(18)9-20-14-7-6-10(15)8-16-14/h2-8H,9,15H2,1H3,(H,17,18). The average Bonchev–Trinajstić information content (AvgIpc) is 2.47. The van der Waals surface area contributed by atoms with Crippen molar-refractivity contribution in [2.45, 2.75) is 5.03 Å². The number of nitrogen functional groups attached to an aromatic ring is 1. The van der Waals surface area contributed by atoms with Gasteiger partial charge in [-0.15, -0.1) is 0 Å². The van der Waals surface area contributed by atoms with Crippen LogP contribution in [-0.4, -0.2) is 23.8 Å². The molecule has 1 aromatic carbocycles. The highest BCUT2D eigenvalue weighted by Gasteiger charge is 2.07. The number of carbonyl (C=O) groups is 1. The van der Waals surface area contributed by atoms with Gasteiger partial charge in [-0.3, -0.25) is 4.79 Å². The summed E-state index contributed by atoms with van der Waals surface area (Å²) < 4.78 is 5.17. The number of para-hydroxylation sites is 2. The number of hydrogen-bond donors (Lipinski definition) is 2. The number of carbonyl (C=O) groups excluding carboxylic acids is 1. The fourth-order valence-electron chi connectivity index (χ4n) is 1.55. The lowest BCUT2D eigenvalue weighted by molar-refractivity contribution is -0.113. The lowest BCUT2D eigenvalue weighted by Crippen LogP contribution is -2.14. The lowest BCUT2D eigenvalue weighted by atomic mass is 10.3. The first-order valence-corrected chi connectivity index (χ1v) is 6.95. The molecular weight excluding hydrogens is 274 g/mol. The van der Waals surface area contributed by atoms with E-state index in [0.29, 0.717) is 17.1 Å². The molecule has 1 heterocycles. The van der Waals surface area contributed by atoms with Gasteiger partial charge in [-0.25, -0.2) is 4.98 Å². The third kappa shape index (κ3) is 3.89. The average molecular weight is 289 g/mol. The number of hydrogen-bond acceptors (Lipinski definition) is 5. The summed E-state index contributed by atoms with van der Waals surface area (Å²) in [6.45, 7) is 0. The number of amides is 1. The molecule has 3 N–H and O–H groups in total. The number of methoxy groups -OCH3 is 1. The Morgan fingerprint density at radius 1 is 1.35 bits per heavy atom. The highest BCUT2D eigenvalue weighted by Crippen LogP contribution is 2.23. The normalized spacial score (nSPS) is 10.1. The van der Waals surface area contributed by atoms with Crippen molar-refractivity contribution < 1.29 is 9.53 Å². The molecular formula is C14H15N3O2S. The third-order valence-electron chi connectivity index (χ3n) is 2.49. The number of nitrogens with two attached hydrogens (primary N) is 1. The van der Waals surface area contributed by atoms with Crippen LogP contribution in [0.3, 0.4) is 0 Å². The summed E-state index contributed by atoms with van der Waals surface area (Å²) in [6, 6.07) is 10.8. The maximum atomic E-state index is 11.9. The van der Waals surface area contributed by atoms with E-state index in [2.05, 4.69) is 10.3 Å². The summed E-state index contributed by atoms with van der Waals surface area (Å²) in [4.78, 5) is 16.0. The van der Waals surface area contributed by atoms with Gasteiger partial charge in [0.15, 0.2) is 0 Å². The molecule has 0 atom stereocenters. The first-order chi connectivity index (χ1) is 9.69. The number of pyridine rings is 1. The van der Waals surface area contributed by atoms with Gasteiger partial charge in [-0.2, -0.15) is 0 Å². The van der Waals surface area contributed by atoms with Crippen LogP contribution in [0.1, 0.15) is 0 Å². The van der Waals surface area contributed by atoms with E-state index in [0.717, 1.165) is 5.03 Å². The zero-order valence-electron chi connectivity index (χ0n) is 11.0. The van der Waals surface area contributed by atoms with Crippen LogP contribution >= 0.6 is 11.8 Å². The molecule has 1 aromatic heterocycles. The highest BCUT2D eigenvalue weighted by molar-refractivity contribution is 7.99. The Balaban J connectivity index is 1.91. The number of anilines is 2. The van der Waals surface area contributed by atoms with Gasteiger partial charge in [0.1, 0.15) is 5.75 Å². The second-order valence-electron chi connectivity index (χ2n) is 3.97. The quantitative estimate of drug-likeness (QED) is 0.826. The van der Waals surface area contributed by atoms with Gasteiger partial charge in [0.2, 0.25) is 5.91 Å². The van der Waals surface area contributed by atoms with Crippen molar-refractivity contribution in [3.63, 3.8) is 0 Å². The van der Waals surface area contributed by atoms with E-state index in [1.165, 1.54) is 11.8 Å². The topological polar surface area (TPSA) is 77.2 Å². The van der Waals surface area contributed by atoms with Crippen molar-refractivity contribution in [2.24, 2.45) is 0 Å². The van der Waals surface area contributed by atoms with Crippen molar-refractivity contribution in [1.29, 1.82) is 0 Å². The van der Waals surface area contributed by atoms with Crippen LogP contribution in [0, 0.1) is 0 Å². The molecule has 2 rings (SSSR count). The van der Waals surface area contributed by atoms with Crippen molar-refractivity contribution >= 4 is 29.0 Å². The molecule has 104 valence electrons. The van der Waals surface area contributed by atoms with Gasteiger partial charge >= 0.3 is 0 Å². The molecule has 6 heteroatoms. The number of nitrogens with zero attached hydrogens (tertiary/aromatic N) is 1. The fraction of sp³-hybridized carbons (Fsp3) is 0.143. The first-order valence-electron chi connectivity index (χ1n) is 5.96. The van der Waals surface area contributed by atoms with Gasteiger partial charge in [0, 0.05) is 0 Å². The summed E-state index contributed by atoms with van der Waals surface area (Å²) in [5.41, 5.74) is 6.81. The van der Waals surface area contributed by atoms with E-state index in [-0.39, 0.29) is 11.7 Å². The van der Waals surface area contributed by atoms with E-state index < -0.39 is 0 Å². The zero-order chi connectivity index (χ0) is 14.4. The molecule has 0 unspecified atom stereocenters. The van der Waals surface area contributed by atoms with Crippen molar-refractivity contribution in [1.82, 2.24) is 4.98 Å². The van der Waals surface area contributed by atoms with E-state index >= 15 is 0 Å². The van der Waals surface area contributed by atoms with Crippen LogP contribution in [0.2, 0.25) is 0 Å². The van der Waals surface area contributed by atoms with Crippen molar-refractivity contribution in [3.8, 4) is 5.75 Å². The number of benzene rings is 1. The molecule has 0 saturated carbocycles. The maximum absolute atomic E-state index is 11.9. The van der Waals surface area contributed by atoms with Gasteiger partial charge < -0.3 is 15.8 Å². The Morgan fingerprint density at radius 2 is 2.15 bits per heavy atom. The summed E-state index contributed by atoms with van der Waals surface area (Å²) in [5.74, 6) is 0.796. The van der Waals surface area contributed by atoms with E-state index in [9.17, 15) is 4.79 Å². The minimum atomic E-state index is -0.113. The van der Waals surface area contributed by atoms with Crippen molar-refractivity contribution in [3.05, 3.63) is 42.6 Å². The Bertz CT molecular complexity index is 587. The molecule has 20 heavy (non-hydrogen) atoms. The van der Waals surface area contributed by atoms with Crippen LogP contribution in [0.5, 0.6) is 5.75 Å². The zero-order valence-corrected chi connectivity index (χ0v) is 11.8. The van der Waals surface area contributed by atoms with Crippen molar-refractivity contribution in [2.75, 3.05) is 23.9 Å². The molecule has 0 aliphatic rings. The SMILES string of the molecule is COc1ccccc1NC(=O)CSc1ccc(N)cn1. The van der Waals surface area contributed by atoms with Crippen LogP contribution in [0.4, 0.5) is 11.4 Å². The Hall–Kier alpha value is -2.21. The largest absolute Gasteiger partial charge is 0.495 e. The summed E-state index contributed by atoms with van der Waals surface area (Å²) in [5, 5.41) is 3.56.